The third kappa shape index (κ3) is 14.9. The molecule has 1 aliphatic carbocycles. The summed E-state index contributed by atoms with van der Waals surface area (Å²) in [5.74, 6) is 0. The average molecular weight is 1700 g/mol. The lowest BCUT2D eigenvalue weighted by atomic mass is 9.81. The molecule has 3 heterocycles. The van der Waals surface area contributed by atoms with E-state index in [4.69, 9.17) is 0 Å². The minimum atomic E-state index is -0.0469. The SMILES string of the molecule is CC1(C)c2ccccc2-c2ccc(-c3ccc(N(c4ccc(-c5ccccc5)cc4)c4ccc(-c5ccc(-n6c(-c7ccccc7)c(-c7ccccc7)c7ccccc76)cc5)cc4)cc3)cc21.c1ccc(-c2ccc(N(c3ccc(-c4ccc(-n5c(-c6ccccc6)c(-c6ccccc6)c6ccccc65)cc4)cc3)c3ccc(-c4ccc5c(c4)sc4ccccc45)cc3)cc2)cc1. The van der Waals surface area contributed by atoms with Crippen LogP contribution in [0, 0.1) is 0 Å². The van der Waals surface area contributed by atoms with E-state index in [9.17, 15) is 0 Å². The highest BCUT2D eigenvalue weighted by Crippen LogP contribution is 2.52. The summed E-state index contributed by atoms with van der Waals surface area (Å²) in [4.78, 5) is 4.72. The van der Waals surface area contributed by atoms with E-state index in [2.05, 4.69) is 542 Å². The first-order valence-electron chi connectivity index (χ1n) is 45.4. The van der Waals surface area contributed by atoms with E-state index in [0.29, 0.717) is 0 Å². The number of rotatable bonds is 18. The van der Waals surface area contributed by atoms with Crippen LogP contribution in [-0.2, 0) is 5.41 Å². The van der Waals surface area contributed by atoms with Crippen LogP contribution in [0.3, 0.4) is 0 Å². The summed E-state index contributed by atoms with van der Waals surface area (Å²) in [6.45, 7) is 4.69. The molecule has 0 unspecified atom stereocenters. The molecule has 0 fully saturated rings. The second-order valence-corrected chi connectivity index (χ2v) is 35.7. The second-order valence-electron chi connectivity index (χ2n) is 34.6. The Hall–Kier alpha value is -16.7. The number of fused-ring (bicyclic) bond motifs is 8. The summed E-state index contributed by atoms with van der Waals surface area (Å²) >= 11 is 1.86. The zero-order valence-corrected chi connectivity index (χ0v) is 74.0. The first-order chi connectivity index (χ1) is 65.2. The number of thiophene rings is 1. The number of benzene rings is 20. The third-order valence-corrected chi connectivity index (χ3v) is 27.6. The van der Waals surface area contributed by atoms with Crippen LogP contribution in [0.5, 0.6) is 0 Å². The summed E-state index contributed by atoms with van der Waals surface area (Å²) in [6, 6.07) is 185. The van der Waals surface area contributed by atoms with E-state index >= 15 is 0 Å². The molecule has 3 aromatic heterocycles. The fourth-order valence-corrected chi connectivity index (χ4v) is 21.1. The molecule has 0 aliphatic heterocycles. The van der Waals surface area contributed by atoms with Crippen molar-refractivity contribution < 1.29 is 0 Å². The van der Waals surface area contributed by atoms with Crippen molar-refractivity contribution >= 4 is 87.4 Å². The van der Waals surface area contributed by atoms with Gasteiger partial charge < -0.3 is 18.9 Å². The molecular weight excluding hydrogens is 1610 g/mol. The molecule has 624 valence electrons. The Morgan fingerprint density at radius 3 is 0.841 bits per heavy atom. The number of para-hydroxylation sites is 2. The molecule has 1 aliphatic rings. The summed E-state index contributed by atoms with van der Waals surface area (Å²) in [5, 5.41) is 5.12. The summed E-state index contributed by atoms with van der Waals surface area (Å²) in [5.41, 5.74) is 40.6. The van der Waals surface area contributed by atoms with E-state index in [1.165, 1.54) is 165 Å². The quantitative estimate of drug-likeness (QED) is 0.0851. The smallest absolute Gasteiger partial charge is 0.0619 e. The van der Waals surface area contributed by atoms with Crippen molar-refractivity contribution in [1.29, 1.82) is 0 Å². The monoisotopic (exact) mass is 1700 g/mol. The Kier molecular flexibility index (Phi) is 20.9. The molecule has 20 aromatic carbocycles. The molecule has 132 heavy (non-hydrogen) atoms. The topological polar surface area (TPSA) is 16.3 Å². The van der Waals surface area contributed by atoms with Crippen LogP contribution < -0.4 is 9.80 Å². The Morgan fingerprint density at radius 2 is 0.455 bits per heavy atom. The fraction of sp³-hybridized carbons (Fsp3) is 0.0236. The van der Waals surface area contributed by atoms with Gasteiger partial charge in [-0.05, 0) is 239 Å². The van der Waals surface area contributed by atoms with Crippen LogP contribution in [-0.4, -0.2) is 9.13 Å². The van der Waals surface area contributed by atoms with Crippen LogP contribution in [0.2, 0.25) is 0 Å². The van der Waals surface area contributed by atoms with Crippen LogP contribution >= 0.6 is 11.3 Å². The molecule has 24 rings (SSSR count). The zero-order chi connectivity index (χ0) is 88.0. The third-order valence-electron chi connectivity index (χ3n) is 26.5. The van der Waals surface area contributed by atoms with Gasteiger partial charge >= 0.3 is 0 Å². The lowest BCUT2D eigenvalue weighted by molar-refractivity contribution is 0.660. The highest BCUT2D eigenvalue weighted by molar-refractivity contribution is 7.25. The van der Waals surface area contributed by atoms with Gasteiger partial charge in [-0.3, -0.25) is 0 Å². The van der Waals surface area contributed by atoms with Gasteiger partial charge in [-0.2, -0.15) is 0 Å². The van der Waals surface area contributed by atoms with Crippen LogP contribution in [0.4, 0.5) is 34.1 Å². The molecule has 0 bridgehead atoms. The van der Waals surface area contributed by atoms with Gasteiger partial charge in [-0.25, -0.2) is 0 Å². The molecule has 0 saturated heterocycles. The minimum Gasteiger partial charge on any atom is -0.311 e. The summed E-state index contributed by atoms with van der Waals surface area (Å²) < 4.78 is 7.49. The number of hydrogen-bond donors (Lipinski definition) is 0. The van der Waals surface area contributed by atoms with Crippen LogP contribution in [0.1, 0.15) is 25.0 Å². The maximum atomic E-state index is 2.43. The predicted octanol–water partition coefficient (Wildman–Crippen LogP) is 35.5. The summed E-state index contributed by atoms with van der Waals surface area (Å²) in [6.07, 6.45) is 0. The minimum absolute atomic E-state index is 0.0469. The van der Waals surface area contributed by atoms with Crippen molar-refractivity contribution in [3.8, 4) is 134 Å². The maximum Gasteiger partial charge on any atom is 0.0619 e. The highest BCUT2D eigenvalue weighted by atomic mass is 32.1. The van der Waals surface area contributed by atoms with Gasteiger partial charge in [0, 0.05) is 93.0 Å². The lowest BCUT2D eigenvalue weighted by Gasteiger charge is -2.26. The fourth-order valence-electron chi connectivity index (χ4n) is 19.9. The molecule has 0 atom stereocenters. The molecular formula is C127H90N4S. The van der Waals surface area contributed by atoms with Crippen molar-refractivity contribution in [3.05, 3.63) is 521 Å². The molecule has 0 saturated carbocycles. The largest absolute Gasteiger partial charge is 0.311 e. The van der Waals surface area contributed by atoms with Gasteiger partial charge in [-0.1, -0.05) is 396 Å². The van der Waals surface area contributed by atoms with Gasteiger partial charge in [0.25, 0.3) is 0 Å². The van der Waals surface area contributed by atoms with E-state index in [-0.39, 0.29) is 5.41 Å². The Balaban J connectivity index is 0.000000150. The average Bonchev–Trinajstić information content (AvgIpc) is 1.59. The molecule has 0 N–H and O–H groups in total. The van der Waals surface area contributed by atoms with E-state index in [1.807, 2.05) is 11.3 Å². The first-order valence-corrected chi connectivity index (χ1v) is 46.2. The number of anilines is 6. The first kappa shape index (κ1) is 79.9. The Bertz CT molecular complexity index is 8090. The van der Waals surface area contributed by atoms with Crippen molar-refractivity contribution in [2.45, 2.75) is 19.3 Å². The van der Waals surface area contributed by atoms with Gasteiger partial charge in [-0.15, -0.1) is 11.3 Å². The van der Waals surface area contributed by atoms with Gasteiger partial charge in [0.15, 0.2) is 0 Å². The van der Waals surface area contributed by atoms with Crippen LogP contribution in [0.15, 0.2) is 510 Å². The van der Waals surface area contributed by atoms with Crippen molar-refractivity contribution in [2.24, 2.45) is 0 Å². The molecule has 23 aromatic rings. The molecule has 5 heteroatoms. The highest BCUT2D eigenvalue weighted by Gasteiger charge is 2.36. The maximum absolute atomic E-state index is 2.43. The predicted molar refractivity (Wildman–Crippen MR) is 561 cm³/mol. The van der Waals surface area contributed by atoms with Crippen LogP contribution in [0.25, 0.3) is 176 Å². The lowest BCUT2D eigenvalue weighted by Crippen LogP contribution is -2.14. The van der Waals surface area contributed by atoms with E-state index < -0.39 is 0 Å². The number of hydrogen-bond acceptors (Lipinski definition) is 3. The van der Waals surface area contributed by atoms with Crippen molar-refractivity contribution in [3.63, 3.8) is 0 Å². The van der Waals surface area contributed by atoms with E-state index in [1.54, 1.807) is 0 Å². The van der Waals surface area contributed by atoms with Gasteiger partial charge in [0.05, 0.1) is 22.4 Å². The second kappa shape index (κ2) is 34.5. The molecule has 4 nitrogen and oxygen atoms in total. The molecule has 0 amide bonds. The molecule has 0 radical (unpaired) electrons. The van der Waals surface area contributed by atoms with Gasteiger partial charge in [0.1, 0.15) is 0 Å². The van der Waals surface area contributed by atoms with Crippen molar-refractivity contribution in [1.82, 2.24) is 9.13 Å². The standard InChI is InChI=1S/C65H48N2.C62H42N2S/c1-65(2)60-24-14-12-22-57(60)58-43-34-52(44-61(58)65)49-32-39-55(40-33-49)66(53-35-26-46(27-36-53)45-16-6-3-7-17-45)54-37-28-47(29-38-54)48-30-41-56(42-31-48)67-62-25-15-13-23-59(62)63(50-18-8-4-9-19-50)64(67)51-20-10-5-11-21-51;1-4-14-43(15-5-1)44-24-33-51(34-25-44)63(53-37-30-47(31-38-53)50-32-41-56-55-20-11-13-23-59(55)65-60(56)42-50)52-35-26-45(27-36-52)46-28-39-54(40-29-46)64-58-22-12-10-21-57(58)61(48-16-6-2-7-17-48)62(64)49-18-8-3-9-19-49/h3-44H,1-2H3;1-42H. The zero-order valence-electron chi connectivity index (χ0n) is 73.2. The molecule has 0 spiro atoms. The Morgan fingerprint density at radius 1 is 0.189 bits per heavy atom. The van der Waals surface area contributed by atoms with E-state index in [0.717, 1.165) is 56.6 Å². The summed E-state index contributed by atoms with van der Waals surface area (Å²) in [7, 11) is 0. The number of nitrogens with zero attached hydrogens (tertiary/aromatic N) is 4. The Labute approximate surface area is 774 Å². The normalized spacial score (nSPS) is 11.9. The van der Waals surface area contributed by atoms with Gasteiger partial charge in [0.2, 0.25) is 0 Å². The number of aromatic nitrogens is 2. The van der Waals surface area contributed by atoms with Crippen molar-refractivity contribution in [2.75, 3.05) is 9.80 Å².